The van der Waals surface area contributed by atoms with Crippen LogP contribution in [0.3, 0.4) is 0 Å². The number of nitrogens with zero attached hydrogens (tertiary/aromatic N) is 2. The summed E-state index contributed by atoms with van der Waals surface area (Å²) < 4.78 is 1.17. The molecule has 0 amide bonds. The number of anilines is 2. The molecule has 0 bridgehead atoms. The summed E-state index contributed by atoms with van der Waals surface area (Å²) in [5, 5.41) is 10.6. The topological polar surface area (TPSA) is 79.6 Å². The van der Waals surface area contributed by atoms with Crippen molar-refractivity contribution >= 4 is 33.1 Å². The summed E-state index contributed by atoms with van der Waals surface area (Å²) in [5.74, 6) is 1.39. The monoisotopic (exact) mass is 299 g/mol. The highest BCUT2D eigenvalue weighted by atomic mass is 32.1. The Bertz CT molecular complexity index is 786. The molecule has 0 atom stereocenters. The van der Waals surface area contributed by atoms with Crippen LogP contribution in [-0.2, 0) is 0 Å². The number of nitrogens with two attached hydrogens (primary N) is 1. The van der Waals surface area contributed by atoms with Gasteiger partial charge in [0.05, 0.1) is 26.5 Å². The molecule has 5 nitrogen and oxygen atoms in total. The van der Waals surface area contributed by atoms with E-state index in [2.05, 4.69) is 27.4 Å². The second-order valence-electron chi connectivity index (χ2n) is 5.62. The number of fused-ring (bicyclic) bond motifs is 1. The molecule has 0 aliphatic heterocycles. The summed E-state index contributed by atoms with van der Waals surface area (Å²) in [6.07, 6.45) is 4.44. The van der Waals surface area contributed by atoms with Crippen LogP contribution in [0.1, 0.15) is 18.4 Å². The summed E-state index contributed by atoms with van der Waals surface area (Å²) >= 11 is 1.74. The minimum absolute atomic E-state index is 0.567. The van der Waals surface area contributed by atoms with Gasteiger partial charge in [-0.15, -0.1) is 11.3 Å². The number of hydrogen-bond donors (Lipinski definition) is 3. The van der Waals surface area contributed by atoms with E-state index in [0.29, 0.717) is 5.82 Å². The fourth-order valence-electron chi connectivity index (χ4n) is 2.54. The zero-order valence-corrected chi connectivity index (χ0v) is 12.6. The predicted molar refractivity (Wildman–Crippen MR) is 87.6 cm³/mol. The van der Waals surface area contributed by atoms with E-state index in [1.807, 2.05) is 12.1 Å². The molecule has 0 radical (unpaired) electrons. The van der Waals surface area contributed by atoms with Crippen LogP contribution in [0, 0.1) is 12.8 Å². The van der Waals surface area contributed by atoms with Gasteiger partial charge in [-0.05, 0) is 37.3 Å². The summed E-state index contributed by atoms with van der Waals surface area (Å²) in [6, 6.07) is 3.93. The second kappa shape index (κ2) is 4.73. The fourth-order valence-corrected chi connectivity index (χ4v) is 3.76. The van der Waals surface area contributed by atoms with Crippen molar-refractivity contribution in [2.75, 3.05) is 17.6 Å². The molecule has 6 heteroatoms. The maximum Gasteiger partial charge on any atom is 0.126 e. The van der Waals surface area contributed by atoms with Crippen LogP contribution in [0.25, 0.3) is 20.8 Å². The fraction of sp³-hybridized carbons (Fsp3) is 0.333. The van der Waals surface area contributed by atoms with E-state index in [0.717, 1.165) is 34.9 Å². The van der Waals surface area contributed by atoms with Gasteiger partial charge in [0.25, 0.3) is 0 Å². The molecule has 4 rings (SSSR count). The summed E-state index contributed by atoms with van der Waals surface area (Å²) in [4.78, 5) is 5.70. The van der Waals surface area contributed by atoms with E-state index >= 15 is 0 Å². The molecule has 21 heavy (non-hydrogen) atoms. The van der Waals surface area contributed by atoms with Crippen molar-refractivity contribution < 1.29 is 0 Å². The minimum Gasteiger partial charge on any atom is -0.384 e. The van der Waals surface area contributed by atoms with Gasteiger partial charge < -0.3 is 11.1 Å². The average Bonchev–Trinajstić information content (AvgIpc) is 3.03. The molecule has 0 unspecified atom stereocenters. The number of thiophene rings is 1. The van der Waals surface area contributed by atoms with Crippen molar-refractivity contribution in [3.63, 3.8) is 0 Å². The molecule has 0 spiro atoms. The maximum absolute atomic E-state index is 5.98. The van der Waals surface area contributed by atoms with Gasteiger partial charge in [0, 0.05) is 18.8 Å². The Morgan fingerprint density at radius 3 is 3.05 bits per heavy atom. The zero-order valence-electron chi connectivity index (χ0n) is 11.8. The molecule has 1 aliphatic rings. The van der Waals surface area contributed by atoms with Gasteiger partial charge in [-0.2, -0.15) is 5.10 Å². The molecule has 1 aliphatic carbocycles. The number of nitrogen functional groups attached to an aromatic ring is 1. The highest BCUT2D eigenvalue weighted by Crippen LogP contribution is 2.41. The van der Waals surface area contributed by atoms with Crippen LogP contribution in [0.4, 0.5) is 11.5 Å². The van der Waals surface area contributed by atoms with Gasteiger partial charge in [0.15, 0.2) is 0 Å². The zero-order chi connectivity index (χ0) is 14.4. The molecular formula is C15H17N5S. The first kappa shape index (κ1) is 12.6. The van der Waals surface area contributed by atoms with Crippen LogP contribution >= 0.6 is 11.3 Å². The Hall–Kier alpha value is -2.08. The van der Waals surface area contributed by atoms with Gasteiger partial charge in [-0.3, -0.25) is 5.10 Å². The van der Waals surface area contributed by atoms with E-state index in [4.69, 9.17) is 5.73 Å². The third-order valence-electron chi connectivity index (χ3n) is 3.92. The first-order valence-corrected chi connectivity index (χ1v) is 7.97. The van der Waals surface area contributed by atoms with E-state index in [-0.39, 0.29) is 0 Å². The summed E-state index contributed by atoms with van der Waals surface area (Å²) in [5.41, 5.74) is 10.2. The molecule has 108 valence electrons. The Morgan fingerprint density at radius 1 is 1.48 bits per heavy atom. The molecule has 4 N–H and O–H groups in total. The van der Waals surface area contributed by atoms with Gasteiger partial charge in [0.1, 0.15) is 5.82 Å². The standard InChI is InChI=1S/C15H17N5S/c1-8-13-15(21-14(8)10-4-5-18-20-10)11(6-12(16)19-13)17-7-9-2-3-9/h4-6,9H,2-3,7H2,1H3,(H,18,20)(H3,16,17,19). The van der Waals surface area contributed by atoms with Crippen molar-refractivity contribution in [1.82, 2.24) is 15.2 Å². The van der Waals surface area contributed by atoms with Crippen LogP contribution < -0.4 is 11.1 Å². The second-order valence-corrected chi connectivity index (χ2v) is 6.64. The van der Waals surface area contributed by atoms with Crippen LogP contribution in [0.2, 0.25) is 0 Å². The third kappa shape index (κ3) is 2.25. The molecule has 3 heterocycles. The Morgan fingerprint density at radius 2 is 2.33 bits per heavy atom. The molecule has 3 aromatic rings. The maximum atomic E-state index is 5.98. The lowest BCUT2D eigenvalue weighted by molar-refractivity contribution is 0.890. The molecule has 0 saturated heterocycles. The van der Waals surface area contributed by atoms with Crippen molar-refractivity contribution in [1.29, 1.82) is 0 Å². The highest BCUT2D eigenvalue weighted by molar-refractivity contribution is 7.23. The van der Waals surface area contributed by atoms with E-state index in [1.165, 1.54) is 22.4 Å². The van der Waals surface area contributed by atoms with Crippen LogP contribution in [0.15, 0.2) is 18.3 Å². The van der Waals surface area contributed by atoms with Crippen LogP contribution in [-0.4, -0.2) is 21.7 Å². The smallest absolute Gasteiger partial charge is 0.126 e. The largest absolute Gasteiger partial charge is 0.384 e. The number of pyridine rings is 1. The van der Waals surface area contributed by atoms with E-state index in [1.54, 1.807) is 17.5 Å². The van der Waals surface area contributed by atoms with Crippen molar-refractivity contribution in [3.05, 3.63) is 23.9 Å². The Balaban J connectivity index is 1.83. The van der Waals surface area contributed by atoms with Crippen molar-refractivity contribution in [3.8, 4) is 10.6 Å². The average molecular weight is 299 g/mol. The Kier molecular flexibility index (Phi) is 2.85. The lowest BCUT2D eigenvalue weighted by Gasteiger charge is -2.07. The summed E-state index contributed by atoms with van der Waals surface area (Å²) in [7, 11) is 0. The molecule has 0 aromatic carbocycles. The number of H-pyrrole nitrogens is 1. The molecule has 1 fully saturated rings. The number of aryl methyl sites for hydroxylation is 1. The lowest BCUT2D eigenvalue weighted by atomic mass is 10.2. The number of aromatic nitrogens is 3. The highest BCUT2D eigenvalue weighted by Gasteiger charge is 2.22. The number of aromatic amines is 1. The quantitative estimate of drug-likeness (QED) is 0.690. The number of nitrogens with one attached hydrogen (secondary N) is 2. The summed E-state index contributed by atoms with van der Waals surface area (Å²) in [6.45, 7) is 3.11. The number of hydrogen-bond acceptors (Lipinski definition) is 5. The Labute approximate surface area is 126 Å². The normalized spacial score (nSPS) is 14.7. The first-order valence-electron chi connectivity index (χ1n) is 7.15. The molecular weight excluding hydrogens is 282 g/mol. The minimum atomic E-state index is 0.567. The van der Waals surface area contributed by atoms with Crippen molar-refractivity contribution in [2.45, 2.75) is 19.8 Å². The SMILES string of the molecule is Cc1c(-c2ccn[nH]2)sc2c(NCC3CC3)cc(N)nc12. The first-order chi connectivity index (χ1) is 10.2. The predicted octanol–water partition coefficient (Wildman–Crippen LogP) is 3.40. The van der Waals surface area contributed by atoms with Gasteiger partial charge in [-0.1, -0.05) is 0 Å². The molecule has 1 saturated carbocycles. The van der Waals surface area contributed by atoms with Gasteiger partial charge >= 0.3 is 0 Å². The van der Waals surface area contributed by atoms with Gasteiger partial charge in [0.2, 0.25) is 0 Å². The van der Waals surface area contributed by atoms with Crippen molar-refractivity contribution in [2.24, 2.45) is 5.92 Å². The molecule has 3 aromatic heterocycles. The van der Waals surface area contributed by atoms with E-state index < -0.39 is 0 Å². The third-order valence-corrected chi connectivity index (χ3v) is 5.26. The van der Waals surface area contributed by atoms with E-state index in [9.17, 15) is 0 Å². The lowest BCUT2D eigenvalue weighted by Crippen LogP contribution is -2.04. The number of rotatable bonds is 4. The van der Waals surface area contributed by atoms with Crippen LogP contribution in [0.5, 0.6) is 0 Å². The van der Waals surface area contributed by atoms with Gasteiger partial charge in [-0.25, -0.2) is 4.98 Å².